The second-order valence-electron chi connectivity index (χ2n) is 7.13. The van der Waals surface area contributed by atoms with Crippen LogP contribution in [0.3, 0.4) is 0 Å². The molecule has 0 aliphatic heterocycles. The lowest BCUT2D eigenvalue weighted by Gasteiger charge is -2.14. The van der Waals surface area contributed by atoms with E-state index in [-0.39, 0.29) is 0 Å². The molecule has 0 spiro atoms. The van der Waals surface area contributed by atoms with Crippen molar-refractivity contribution in [2.75, 3.05) is 13.2 Å². The summed E-state index contributed by atoms with van der Waals surface area (Å²) < 4.78 is 5.50. The molecule has 0 N–H and O–H groups in total. The van der Waals surface area contributed by atoms with Crippen LogP contribution in [0.4, 0.5) is 0 Å². The van der Waals surface area contributed by atoms with Crippen molar-refractivity contribution in [3.05, 3.63) is 30.3 Å². The molecule has 0 unspecified atom stereocenters. The molecule has 0 fully saturated rings. The zero-order valence-electron chi connectivity index (χ0n) is 16.1. The molecule has 0 saturated heterocycles. The summed E-state index contributed by atoms with van der Waals surface area (Å²) >= 11 is 0. The zero-order chi connectivity index (χ0) is 17.5. The highest BCUT2D eigenvalue weighted by Crippen LogP contribution is 2.09. The molecule has 134 valence electrons. The Balaban J connectivity index is 2.01. The molecule has 0 aliphatic rings. The Kier molecular flexibility index (Phi) is 11.6. The van der Waals surface area contributed by atoms with E-state index < -0.39 is 8.07 Å². The molecule has 0 aliphatic carbocycles. The molecule has 2 heteroatoms. The van der Waals surface area contributed by atoms with Gasteiger partial charge in [-0.2, -0.15) is 0 Å². The Labute approximate surface area is 151 Å². The van der Waals surface area contributed by atoms with E-state index in [1.54, 1.807) is 0 Å². The normalized spacial score (nSPS) is 11.1. The maximum Gasteiger partial charge on any atom is 0.162 e. The van der Waals surface area contributed by atoms with Crippen molar-refractivity contribution >= 4 is 13.3 Å². The molecule has 1 aromatic carbocycles. The van der Waals surface area contributed by atoms with Gasteiger partial charge in [0, 0.05) is 19.6 Å². The lowest BCUT2D eigenvalue weighted by molar-refractivity contribution is 0.130. The van der Waals surface area contributed by atoms with Gasteiger partial charge in [0.2, 0.25) is 0 Å². The van der Waals surface area contributed by atoms with Gasteiger partial charge < -0.3 is 4.74 Å². The Morgan fingerprint density at radius 1 is 0.833 bits per heavy atom. The van der Waals surface area contributed by atoms with Gasteiger partial charge in [-0.1, -0.05) is 82.5 Å². The molecule has 0 aromatic heterocycles. The van der Waals surface area contributed by atoms with Crippen molar-refractivity contribution in [2.45, 2.75) is 77.8 Å². The minimum absolute atomic E-state index is 0.922. The largest absolute Gasteiger partial charge is 0.381 e. The van der Waals surface area contributed by atoms with Crippen molar-refractivity contribution < 1.29 is 4.74 Å². The predicted octanol–water partition coefficient (Wildman–Crippen LogP) is 5.69. The van der Waals surface area contributed by atoms with Gasteiger partial charge >= 0.3 is 0 Å². The Bertz CT molecular complexity index is 470. The summed E-state index contributed by atoms with van der Waals surface area (Å²) in [6.45, 7) is 8.73. The van der Waals surface area contributed by atoms with Crippen molar-refractivity contribution in [1.82, 2.24) is 0 Å². The van der Waals surface area contributed by atoms with Crippen LogP contribution < -0.4 is 5.19 Å². The highest BCUT2D eigenvalue weighted by Gasteiger charge is 2.19. The van der Waals surface area contributed by atoms with Crippen LogP contribution in [0.25, 0.3) is 0 Å². The second kappa shape index (κ2) is 13.3. The summed E-state index contributed by atoms with van der Waals surface area (Å²) in [7, 11) is -1.55. The fourth-order valence-corrected chi connectivity index (χ4v) is 4.50. The lowest BCUT2D eigenvalue weighted by Crippen LogP contribution is -2.39. The molecular formula is C22H36OSi. The fraction of sp³-hybridized carbons (Fsp3) is 0.636. The molecule has 0 amide bonds. The molecule has 0 radical (unpaired) electrons. The molecule has 1 rings (SSSR count). The first-order valence-electron chi connectivity index (χ1n) is 9.80. The molecule has 0 heterocycles. The fourth-order valence-electron chi connectivity index (χ4n) is 2.76. The van der Waals surface area contributed by atoms with Gasteiger partial charge in [0.25, 0.3) is 0 Å². The molecule has 1 nitrogen and oxygen atoms in total. The van der Waals surface area contributed by atoms with E-state index in [0.29, 0.717) is 0 Å². The molecular weight excluding hydrogens is 308 g/mol. The SMILES string of the molecule is CCCOCCCCCCCCCC#C[Si](C)(C)c1ccccc1. The summed E-state index contributed by atoms with van der Waals surface area (Å²) in [5.74, 6) is 3.45. The second-order valence-corrected chi connectivity index (χ2v) is 11.2. The standard InChI is InChI=1S/C22H36OSi/c1-4-19-23-20-15-10-8-6-5-7-9-11-16-21-24(2,3)22-17-13-12-14-18-22/h12-14,17-18H,4-11,15,19-20H2,1-3H3. The summed E-state index contributed by atoms with van der Waals surface area (Å²) in [6.07, 6.45) is 11.4. The number of unbranched alkanes of at least 4 members (excludes halogenated alkanes) is 7. The van der Waals surface area contributed by atoms with E-state index in [9.17, 15) is 0 Å². The smallest absolute Gasteiger partial charge is 0.162 e. The van der Waals surface area contributed by atoms with E-state index in [2.05, 4.69) is 61.8 Å². The van der Waals surface area contributed by atoms with E-state index >= 15 is 0 Å². The van der Waals surface area contributed by atoms with Crippen LogP contribution in [0.5, 0.6) is 0 Å². The summed E-state index contributed by atoms with van der Waals surface area (Å²) in [5, 5.41) is 1.44. The molecule has 1 aromatic rings. The summed E-state index contributed by atoms with van der Waals surface area (Å²) in [4.78, 5) is 0. The maximum atomic E-state index is 5.50. The number of hydrogen-bond acceptors (Lipinski definition) is 1. The topological polar surface area (TPSA) is 9.23 Å². The number of rotatable bonds is 12. The van der Waals surface area contributed by atoms with Crippen molar-refractivity contribution in [2.24, 2.45) is 0 Å². The minimum Gasteiger partial charge on any atom is -0.381 e. The van der Waals surface area contributed by atoms with Crippen LogP contribution in [0.15, 0.2) is 30.3 Å². The third kappa shape index (κ3) is 9.95. The zero-order valence-corrected chi connectivity index (χ0v) is 17.1. The number of benzene rings is 1. The average molecular weight is 345 g/mol. The monoisotopic (exact) mass is 344 g/mol. The van der Waals surface area contributed by atoms with Gasteiger partial charge in [-0.05, 0) is 24.4 Å². The van der Waals surface area contributed by atoms with E-state index in [1.165, 1.54) is 50.1 Å². The van der Waals surface area contributed by atoms with E-state index in [1.807, 2.05) is 0 Å². The Morgan fingerprint density at radius 3 is 2.12 bits per heavy atom. The molecule has 0 bridgehead atoms. The first-order chi connectivity index (χ1) is 11.7. The third-order valence-corrected chi connectivity index (χ3v) is 6.91. The van der Waals surface area contributed by atoms with Gasteiger partial charge in [-0.3, -0.25) is 0 Å². The molecule has 0 saturated carbocycles. The maximum absolute atomic E-state index is 5.50. The van der Waals surface area contributed by atoms with Crippen LogP contribution >= 0.6 is 0 Å². The predicted molar refractivity (Wildman–Crippen MR) is 109 cm³/mol. The van der Waals surface area contributed by atoms with Crippen molar-refractivity contribution in [3.63, 3.8) is 0 Å². The lowest BCUT2D eigenvalue weighted by atomic mass is 10.1. The quantitative estimate of drug-likeness (QED) is 0.269. The Morgan fingerprint density at radius 2 is 1.46 bits per heavy atom. The minimum atomic E-state index is -1.55. The molecule has 0 atom stereocenters. The van der Waals surface area contributed by atoms with Gasteiger partial charge in [0.15, 0.2) is 8.07 Å². The first kappa shape index (κ1) is 21.0. The van der Waals surface area contributed by atoms with Crippen molar-refractivity contribution in [1.29, 1.82) is 0 Å². The van der Waals surface area contributed by atoms with E-state index in [4.69, 9.17) is 4.74 Å². The Hall–Kier alpha value is -1.04. The number of hydrogen-bond donors (Lipinski definition) is 0. The van der Waals surface area contributed by atoms with Gasteiger partial charge in [0.05, 0.1) is 0 Å². The van der Waals surface area contributed by atoms with Gasteiger partial charge in [-0.25, -0.2) is 0 Å². The molecule has 24 heavy (non-hydrogen) atoms. The van der Waals surface area contributed by atoms with Crippen LogP contribution in [0, 0.1) is 11.5 Å². The third-order valence-electron chi connectivity index (χ3n) is 4.34. The van der Waals surface area contributed by atoms with Crippen LogP contribution in [0.1, 0.15) is 64.7 Å². The average Bonchev–Trinajstić information content (AvgIpc) is 2.60. The van der Waals surface area contributed by atoms with Gasteiger partial charge in [0.1, 0.15) is 0 Å². The highest BCUT2D eigenvalue weighted by atomic mass is 28.3. The van der Waals surface area contributed by atoms with Gasteiger partial charge in [-0.15, -0.1) is 11.5 Å². The van der Waals surface area contributed by atoms with Crippen LogP contribution in [-0.2, 0) is 4.74 Å². The highest BCUT2D eigenvalue weighted by molar-refractivity contribution is 6.96. The summed E-state index contributed by atoms with van der Waals surface area (Å²) in [6, 6.07) is 10.8. The summed E-state index contributed by atoms with van der Waals surface area (Å²) in [5.41, 5.74) is 3.59. The van der Waals surface area contributed by atoms with Crippen molar-refractivity contribution in [3.8, 4) is 11.5 Å². The van der Waals surface area contributed by atoms with Crippen LogP contribution in [-0.4, -0.2) is 21.3 Å². The van der Waals surface area contributed by atoms with Crippen LogP contribution in [0.2, 0.25) is 13.1 Å². The van der Waals surface area contributed by atoms with E-state index in [0.717, 1.165) is 26.1 Å². The first-order valence-corrected chi connectivity index (χ1v) is 12.8. The number of ether oxygens (including phenoxy) is 1.